The van der Waals surface area contributed by atoms with Gasteiger partial charge in [-0.25, -0.2) is 0 Å². The number of nitrogens with one attached hydrogen (secondary N) is 1. The lowest BCUT2D eigenvalue weighted by atomic mass is 10.2. The van der Waals surface area contributed by atoms with Crippen LogP contribution in [0.1, 0.15) is 16.5 Å². The molecule has 106 valence electrons. The molecule has 2 rings (SSSR count). The highest BCUT2D eigenvalue weighted by molar-refractivity contribution is 7.10. The summed E-state index contributed by atoms with van der Waals surface area (Å²) in [5, 5.41) is 14.6. The van der Waals surface area contributed by atoms with Gasteiger partial charge in [0.25, 0.3) is 5.91 Å². The molecule has 1 aromatic carbocycles. The number of hydrogen-bond acceptors (Lipinski definition) is 4. The van der Waals surface area contributed by atoms with Gasteiger partial charge in [0.1, 0.15) is 11.9 Å². The number of aliphatic hydroxyl groups is 1. The van der Waals surface area contributed by atoms with E-state index >= 15 is 0 Å². The van der Waals surface area contributed by atoms with Crippen LogP contribution in [-0.2, 0) is 4.79 Å². The van der Waals surface area contributed by atoms with Gasteiger partial charge in [-0.2, -0.15) is 0 Å². The van der Waals surface area contributed by atoms with Crippen molar-refractivity contribution >= 4 is 17.2 Å². The van der Waals surface area contributed by atoms with Crippen molar-refractivity contribution in [1.82, 2.24) is 5.32 Å². The minimum absolute atomic E-state index is 0.0554. The van der Waals surface area contributed by atoms with E-state index in [1.165, 1.54) is 11.3 Å². The number of amides is 1. The Morgan fingerprint density at radius 2 is 2.10 bits per heavy atom. The number of hydrogen-bond donors (Lipinski definition) is 2. The van der Waals surface area contributed by atoms with Crippen molar-refractivity contribution in [2.75, 3.05) is 13.2 Å². The third-order valence-corrected chi connectivity index (χ3v) is 3.93. The summed E-state index contributed by atoms with van der Waals surface area (Å²) in [5.41, 5.74) is 1.04. The second kappa shape index (κ2) is 7.07. The van der Waals surface area contributed by atoms with Crippen molar-refractivity contribution in [3.05, 3.63) is 52.2 Å². The Labute approximate surface area is 122 Å². The summed E-state index contributed by atoms with van der Waals surface area (Å²) < 4.78 is 5.32. The molecular weight excluding hydrogens is 274 g/mol. The third-order valence-electron chi connectivity index (χ3n) is 2.81. The van der Waals surface area contributed by atoms with E-state index in [4.69, 9.17) is 4.74 Å². The molecule has 0 radical (unpaired) electrons. The average Bonchev–Trinajstić information content (AvgIpc) is 2.90. The summed E-state index contributed by atoms with van der Waals surface area (Å²) in [7, 11) is 0. The van der Waals surface area contributed by atoms with Gasteiger partial charge >= 0.3 is 0 Å². The molecule has 0 aliphatic rings. The molecule has 2 aromatic rings. The Morgan fingerprint density at radius 1 is 1.35 bits per heavy atom. The fourth-order valence-electron chi connectivity index (χ4n) is 1.75. The van der Waals surface area contributed by atoms with Crippen LogP contribution in [0.5, 0.6) is 5.75 Å². The van der Waals surface area contributed by atoms with Crippen molar-refractivity contribution in [2.45, 2.75) is 13.0 Å². The van der Waals surface area contributed by atoms with Gasteiger partial charge in [-0.05, 0) is 36.1 Å². The van der Waals surface area contributed by atoms with E-state index in [0.717, 1.165) is 10.4 Å². The number of benzene rings is 1. The van der Waals surface area contributed by atoms with Crippen LogP contribution < -0.4 is 10.1 Å². The monoisotopic (exact) mass is 291 g/mol. The van der Waals surface area contributed by atoms with Crippen LogP contribution in [-0.4, -0.2) is 24.2 Å². The number of rotatable bonds is 6. The standard InChI is InChI=1S/C15H17NO3S/c1-11-7-8-20-15(11)13(17)9-16-14(18)10-19-12-5-3-2-4-6-12/h2-8,13,17H,9-10H2,1H3,(H,16,18). The van der Waals surface area contributed by atoms with Crippen LogP contribution in [0.25, 0.3) is 0 Å². The lowest BCUT2D eigenvalue weighted by Crippen LogP contribution is -2.32. The minimum atomic E-state index is -0.671. The number of thiophene rings is 1. The Bertz CT molecular complexity index is 553. The van der Waals surface area contributed by atoms with Gasteiger partial charge in [0.2, 0.25) is 0 Å². The molecule has 1 unspecified atom stereocenters. The molecule has 1 atom stereocenters. The molecule has 0 bridgehead atoms. The summed E-state index contributed by atoms with van der Waals surface area (Å²) in [6, 6.07) is 11.1. The maximum atomic E-state index is 11.6. The molecule has 20 heavy (non-hydrogen) atoms. The molecule has 0 saturated heterocycles. The van der Waals surface area contributed by atoms with Crippen molar-refractivity contribution in [1.29, 1.82) is 0 Å². The first-order valence-corrected chi connectivity index (χ1v) is 7.21. The predicted molar refractivity (Wildman–Crippen MR) is 79.0 cm³/mol. The van der Waals surface area contributed by atoms with Gasteiger partial charge in [-0.15, -0.1) is 11.3 Å². The van der Waals surface area contributed by atoms with Crippen LogP contribution in [0.4, 0.5) is 0 Å². The van der Waals surface area contributed by atoms with Crippen molar-refractivity contribution in [2.24, 2.45) is 0 Å². The van der Waals surface area contributed by atoms with Gasteiger partial charge < -0.3 is 15.2 Å². The Hall–Kier alpha value is -1.85. The van der Waals surface area contributed by atoms with Gasteiger partial charge in [0.15, 0.2) is 6.61 Å². The van der Waals surface area contributed by atoms with Gasteiger partial charge in [-0.3, -0.25) is 4.79 Å². The van der Waals surface area contributed by atoms with Crippen LogP contribution >= 0.6 is 11.3 Å². The first kappa shape index (κ1) is 14.6. The minimum Gasteiger partial charge on any atom is -0.484 e. The maximum absolute atomic E-state index is 11.6. The Kier molecular flexibility index (Phi) is 5.15. The van der Waals surface area contributed by atoms with Crippen molar-refractivity contribution < 1.29 is 14.6 Å². The zero-order chi connectivity index (χ0) is 14.4. The second-order valence-electron chi connectivity index (χ2n) is 4.39. The highest BCUT2D eigenvalue weighted by Crippen LogP contribution is 2.23. The van der Waals surface area contributed by atoms with Gasteiger partial charge in [0, 0.05) is 11.4 Å². The normalized spacial score (nSPS) is 11.9. The lowest BCUT2D eigenvalue weighted by Gasteiger charge is -2.12. The average molecular weight is 291 g/mol. The van der Waals surface area contributed by atoms with E-state index in [1.54, 1.807) is 12.1 Å². The SMILES string of the molecule is Cc1ccsc1C(O)CNC(=O)COc1ccccc1. The summed E-state index contributed by atoms with van der Waals surface area (Å²) in [6.45, 7) is 2.08. The Morgan fingerprint density at radius 3 is 2.75 bits per heavy atom. The summed E-state index contributed by atoms with van der Waals surface area (Å²) >= 11 is 1.49. The summed E-state index contributed by atoms with van der Waals surface area (Å²) in [5.74, 6) is 0.402. The molecule has 1 aromatic heterocycles. The van der Waals surface area contributed by atoms with Gasteiger partial charge in [0.05, 0.1) is 0 Å². The van der Waals surface area contributed by atoms with E-state index in [9.17, 15) is 9.90 Å². The molecule has 1 amide bonds. The molecule has 0 aliphatic carbocycles. The van der Waals surface area contributed by atoms with Gasteiger partial charge in [-0.1, -0.05) is 18.2 Å². The van der Waals surface area contributed by atoms with Crippen LogP contribution in [0.2, 0.25) is 0 Å². The molecule has 4 nitrogen and oxygen atoms in total. The summed E-state index contributed by atoms with van der Waals surface area (Å²) in [4.78, 5) is 12.5. The maximum Gasteiger partial charge on any atom is 0.258 e. The van der Waals surface area contributed by atoms with E-state index in [1.807, 2.05) is 36.6 Å². The number of aryl methyl sites for hydroxylation is 1. The van der Waals surface area contributed by atoms with Crippen LogP contribution in [0.3, 0.4) is 0 Å². The topological polar surface area (TPSA) is 58.6 Å². The second-order valence-corrected chi connectivity index (χ2v) is 5.34. The van der Waals surface area contributed by atoms with Crippen LogP contribution in [0, 0.1) is 6.92 Å². The van der Waals surface area contributed by atoms with E-state index < -0.39 is 6.10 Å². The van der Waals surface area contributed by atoms with E-state index in [-0.39, 0.29) is 19.1 Å². The number of carbonyl (C=O) groups excluding carboxylic acids is 1. The molecule has 5 heteroatoms. The predicted octanol–water partition coefficient (Wildman–Crippen LogP) is 2.29. The molecule has 0 spiro atoms. The van der Waals surface area contributed by atoms with Crippen LogP contribution in [0.15, 0.2) is 41.8 Å². The zero-order valence-electron chi connectivity index (χ0n) is 11.2. The highest BCUT2D eigenvalue weighted by Gasteiger charge is 2.13. The fourth-order valence-corrected chi connectivity index (χ4v) is 2.66. The molecule has 0 aliphatic heterocycles. The number of ether oxygens (including phenoxy) is 1. The lowest BCUT2D eigenvalue weighted by molar-refractivity contribution is -0.123. The number of para-hydroxylation sites is 1. The fraction of sp³-hybridized carbons (Fsp3) is 0.267. The quantitative estimate of drug-likeness (QED) is 0.858. The first-order chi connectivity index (χ1) is 9.66. The smallest absolute Gasteiger partial charge is 0.258 e. The zero-order valence-corrected chi connectivity index (χ0v) is 12.0. The Balaban J connectivity index is 1.74. The first-order valence-electron chi connectivity index (χ1n) is 6.33. The number of aliphatic hydroxyl groups excluding tert-OH is 1. The van der Waals surface area contributed by atoms with E-state index in [2.05, 4.69) is 5.32 Å². The molecule has 1 heterocycles. The van der Waals surface area contributed by atoms with Crippen molar-refractivity contribution in [3.8, 4) is 5.75 Å². The van der Waals surface area contributed by atoms with Crippen molar-refractivity contribution in [3.63, 3.8) is 0 Å². The molecule has 0 fully saturated rings. The van der Waals surface area contributed by atoms with E-state index in [0.29, 0.717) is 5.75 Å². The largest absolute Gasteiger partial charge is 0.484 e. The number of carbonyl (C=O) groups is 1. The molecular formula is C15H17NO3S. The summed E-state index contributed by atoms with van der Waals surface area (Å²) in [6.07, 6.45) is -0.671. The third kappa shape index (κ3) is 4.08. The molecule has 2 N–H and O–H groups in total. The highest BCUT2D eigenvalue weighted by atomic mass is 32.1. The molecule has 0 saturated carbocycles.